The molecule has 4 rings (SSSR count). The van der Waals surface area contributed by atoms with Crippen molar-refractivity contribution >= 4 is 29.7 Å². The van der Waals surface area contributed by atoms with Gasteiger partial charge in [0.1, 0.15) is 22.2 Å². The van der Waals surface area contributed by atoms with E-state index in [2.05, 4.69) is 15.1 Å². The van der Waals surface area contributed by atoms with Gasteiger partial charge in [-0.25, -0.2) is 4.79 Å². The second-order valence-electron chi connectivity index (χ2n) is 7.47. The fourth-order valence-electron chi connectivity index (χ4n) is 3.54. The van der Waals surface area contributed by atoms with E-state index in [0.29, 0.717) is 22.8 Å². The summed E-state index contributed by atoms with van der Waals surface area (Å²) < 4.78 is 22.1. The molecule has 1 saturated heterocycles. The predicted molar refractivity (Wildman–Crippen MR) is 124 cm³/mol. The van der Waals surface area contributed by atoms with Crippen molar-refractivity contribution < 1.29 is 28.2 Å². The Hall–Kier alpha value is -3.40. The number of carbonyl (C=O) groups is 1. The van der Waals surface area contributed by atoms with Crippen LogP contribution < -0.4 is 14.4 Å². The number of thioether (sulfide) groups is 1. The maximum Gasteiger partial charge on any atom is 0.342 e. The summed E-state index contributed by atoms with van der Waals surface area (Å²) in [6, 6.07) is 8.83. The van der Waals surface area contributed by atoms with Gasteiger partial charge in [-0.3, -0.25) is 0 Å². The van der Waals surface area contributed by atoms with E-state index in [4.69, 9.17) is 18.3 Å². The fraction of sp³-hybridized carbons (Fsp3) is 0.348. The van der Waals surface area contributed by atoms with Gasteiger partial charge in [0.25, 0.3) is 5.22 Å². The Morgan fingerprint density at radius 2 is 1.73 bits per heavy atom. The number of hydrogen-bond acceptors (Lipinski definition) is 9. The fourth-order valence-corrected chi connectivity index (χ4v) is 4.19. The van der Waals surface area contributed by atoms with Crippen molar-refractivity contribution in [3.05, 3.63) is 41.0 Å². The van der Waals surface area contributed by atoms with E-state index in [-0.39, 0.29) is 16.0 Å². The van der Waals surface area contributed by atoms with Crippen LogP contribution in [0.5, 0.6) is 11.5 Å². The van der Waals surface area contributed by atoms with Gasteiger partial charge in [-0.1, -0.05) is 12.8 Å². The predicted octanol–water partition coefficient (Wildman–Crippen LogP) is 4.95. The summed E-state index contributed by atoms with van der Waals surface area (Å²) in [7, 11) is 3.09. The van der Waals surface area contributed by atoms with Crippen molar-refractivity contribution in [3.8, 4) is 23.0 Å². The van der Waals surface area contributed by atoms with Gasteiger partial charge in [-0.15, -0.1) is 10.2 Å². The molecule has 0 unspecified atom stereocenters. The molecular weight excluding hydrogens is 446 g/mol. The summed E-state index contributed by atoms with van der Waals surface area (Å²) >= 11 is 0.860. The van der Waals surface area contributed by atoms with Crippen LogP contribution in [0.2, 0.25) is 0 Å². The Kier molecular flexibility index (Phi) is 7.23. The number of carboxylic acid groups (broad SMARTS) is 1. The number of rotatable bonds is 8. The van der Waals surface area contributed by atoms with Crippen LogP contribution >= 0.6 is 11.8 Å². The normalized spacial score (nSPS) is 14.7. The third kappa shape index (κ3) is 5.70. The van der Waals surface area contributed by atoms with Crippen LogP contribution in [0.1, 0.15) is 31.4 Å². The molecule has 0 radical (unpaired) electrons. The number of anilines is 1. The van der Waals surface area contributed by atoms with E-state index in [9.17, 15) is 9.90 Å². The van der Waals surface area contributed by atoms with Crippen LogP contribution in [0.25, 0.3) is 17.5 Å². The van der Waals surface area contributed by atoms with E-state index in [1.807, 2.05) is 6.07 Å². The smallest absolute Gasteiger partial charge is 0.342 e. The van der Waals surface area contributed by atoms with Crippen molar-refractivity contribution in [3.63, 3.8) is 0 Å². The molecule has 1 fully saturated rings. The van der Waals surface area contributed by atoms with Crippen LogP contribution in [0.3, 0.4) is 0 Å². The van der Waals surface area contributed by atoms with E-state index in [1.54, 1.807) is 38.5 Å². The molecule has 174 valence electrons. The highest BCUT2D eigenvalue weighted by Crippen LogP contribution is 2.33. The summed E-state index contributed by atoms with van der Waals surface area (Å²) in [4.78, 5) is 14.0. The Morgan fingerprint density at radius 1 is 1.03 bits per heavy atom. The zero-order valence-electron chi connectivity index (χ0n) is 18.4. The number of benzene rings is 1. The van der Waals surface area contributed by atoms with Gasteiger partial charge >= 0.3 is 5.97 Å². The lowest BCUT2D eigenvalue weighted by Gasteiger charge is -2.18. The SMILES string of the molecule is COc1cc(OC)cc(-c2nnc(S/C(=C\c3ccc(N4CCCCCC4)o3)C(=O)O)o2)c1. The number of furan rings is 1. The number of ether oxygens (including phenoxy) is 2. The van der Waals surface area contributed by atoms with Crippen LogP contribution in [0.4, 0.5) is 5.88 Å². The van der Waals surface area contributed by atoms with E-state index in [0.717, 1.165) is 43.6 Å². The van der Waals surface area contributed by atoms with Gasteiger partial charge in [0.15, 0.2) is 5.88 Å². The third-order valence-corrected chi connectivity index (χ3v) is 6.07. The second kappa shape index (κ2) is 10.5. The summed E-state index contributed by atoms with van der Waals surface area (Å²) in [5.74, 6) is 1.46. The van der Waals surface area contributed by atoms with Gasteiger partial charge in [-0.2, -0.15) is 0 Å². The first kappa shape index (κ1) is 22.8. The minimum atomic E-state index is -1.12. The van der Waals surface area contributed by atoms with E-state index < -0.39 is 5.97 Å². The molecule has 9 nitrogen and oxygen atoms in total. The summed E-state index contributed by atoms with van der Waals surface area (Å²) in [5.41, 5.74) is 0.597. The van der Waals surface area contributed by atoms with Crippen molar-refractivity contribution in [1.29, 1.82) is 0 Å². The van der Waals surface area contributed by atoms with Crippen LogP contribution in [0, 0.1) is 0 Å². The van der Waals surface area contributed by atoms with Gasteiger partial charge in [0.05, 0.1) is 14.2 Å². The average molecular weight is 472 g/mol. The first-order valence-electron chi connectivity index (χ1n) is 10.6. The van der Waals surface area contributed by atoms with E-state index in [1.165, 1.54) is 18.9 Å². The number of aliphatic carboxylic acids is 1. The van der Waals surface area contributed by atoms with Crippen molar-refractivity contribution in [2.24, 2.45) is 0 Å². The standard InChI is InChI=1S/C23H25N3O6S/c1-29-17-11-15(12-18(13-17)30-2)21-24-25-23(32-21)33-19(22(27)28)14-16-7-8-20(31-16)26-9-5-3-4-6-10-26/h7-8,11-14H,3-6,9-10H2,1-2H3,(H,27,28)/b19-14-. The first-order valence-corrected chi connectivity index (χ1v) is 11.4. The lowest BCUT2D eigenvalue weighted by molar-refractivity contribution is -0.131. The Balaban J connectivity index is 1.52. The molecule has 0 aliphatic carbocycles. The molecular formula is C23H25N3O6S. The molecule has 33 heavy (non-hydrogen) atoms. The minimum absolute atomic E-state index is 0.00480. The number of carboxylic acids is 1. The Labute approximate surface area is 195 Å². The topological polar surface area (TPSA) is 111 Å². The molecule has 3 aromatic rings. The van der Waals surface area contributed by atoms with Crippen LogP contribution in [-0.2, 0) is 4.79 Å². The summed E-state index contributed by atoms with van der Waals surface area (Å²) in [6.07, 6.45) is 6.16. The lowest BCUT2D eigenvalue weighted by atomic mass is 10.2. The Bertz CT molecular complexity index is 1110. The first-order chi connectivity index (χ1) is 16.1. The summed E-state index contributed by atoms with van der Waals surface area (Å²) in [6.45, 7) is 1.88. The molecule has 0 amide bonds. The highest BCUT2D eigenvalue weighted by molar-refractivity contribution is 8.03. The maximum atomic E-state index is 11.8. The molecule has 1 aliphatic heterocycles. The van der Waals surface area contributed by atoms with Crippen molar-refractivity contribution in [2.75, 3.05) is 32.2 Å². The van der Waals surface area contributed by atoms with Gasteiger partial charge in [0.2, 0.25) is 5.89 Å². The molecule has 1 aromatic carbocycles. The highest BCUT2D eigenvalue weighted by atomic mass is 32.2. The molecule has 0 bridgehead atoms. The molecule has 2 aromatic heterocycles. The van der Waals surface area contributed by atoms with E-state index >= 15 is 0 Å². The molecule has 1 aliphatic rings. The highest BCUT2D eigenvalue weighted by Gasteiger charge is 2.19. The number of nitrogens with zero attached hydrogens (tertiary/aromatic N) is 3. The second-order valence-corrected chi connectivity index (χ2v) is 8.46. The zero-order valence-corrected chi connectivity index (χ0v) is 19.3. The third-order valence-electron chi connectivity index (χ3n) is 5.22. The zero-order chi connectivity index (χ0) is 23.2. The molecule has 10 heteroatoms. The number of hydrogen-bond donors (Lipinski definition) is 1. The van der Waals surface area contributed by atoms with Crippen LogP contribution in [0.15, 0.2) is 49.3 Å². The molecule has 0 atom stereocenters. The largest absolute Gasteiger partial charge is 0.497 e. The molecule has 0 saturated carbocycles. The van der Waals surface area contributed by atoms with Crippen LogP contribution in [-0.4, -0.2) is 48.6 Å². The Morgan fingerprint density at radius 3 is 2.36 bits per heavy atom. The van der Waals surface area contributed by atoms with Crippen molar-refractivity contribution in [1.82, 2.24) is 10.2 Å². The molecule has 0 spiro atoms. The van der Waals surface area contributed by atoms with Gasteiger partial charge in [-0.05, 0) is 42.8 Å². The van der Waals surface area contributed by atoms with Gasteiger partial charge in [0, 0.05) is 36.9 Å². The molecule has 3 heterocycles. The quantitative estimate of drug-likeness (QED) is 0.358. The minimum Gasteiger partial charge on any atom is -0.497 e. The number of methoxy groups -OCH3 is 2. The van der Waals surface area contributed by atoms with Crippen molar-refractivity contribution in [2.45, 2.75) is 30.9 Å². The monoisotopic (exact) mass is 471 g/mol. The van der Waals surface area contributed by atoms with Gasteiger partial charge < -0.3 is 28.3 Å². The molecule has 1 N–H and O–H groups in total. The maximum absolute atomic E-state index is 11.8. The number of aromatic nitrogens is 2. The average Bonchev–Trinajstić information content (AvgIpc) is 3.41. The summed E-state index contributed by atoms with van der Waals surface area (Å²) in [5, 5.41) is 17.8. The lowest BCUT2D eigenvalue weighted by Crippen LogP contribution is -2.23.